The van der Waals surface area contributed by atoms with Gasteiger partial charge in [0.15, 0.2) is 0 Å². The van der Waals surface area contributed by atoms with Crippen LogP contribution in [0.1, 0.15) is 33.6 Å². The number of rotatable bonds is 9. The molecule has 3 unspecified atom stereocenters. The lowest BCUT2D eigenvalue weighted by Crippen LogP contribution is -2.35. The molecule has 1 aromatic carbocycles. The highest BCUT2D eigenvalue weighted by Crippen LogP contribution is 2.47. The molecule has 3 aromatic rings. The van der Waals surface area contributed by atoms with E-state index in [4.69, 9.17) is 9.52 Å². The fraction of sp³-hybridized carbons (Fsp3) is 0.409. The topological polar surface area (TPSA) is 146 Å². The molecule has 1 saturated carbocycles. The molecule has 10 nitrogen and oxygen atoms in total. The van der Waals surface area contributed by atoms with Crippen LogP contribution >= 0.6 is 0 Å². The number of carbonyl (C=O) groups excluding carboxylic acids is 1. The zero-order valence-corrected chi connectivity index (χ0v) is 17.9. The molecule has 0 radical (unpaired) electrons. The largest absolute Gasteiger partial charge is 0.415 e. The van der Waals surface area contributed by atoms with E-state index in [0.29, 0.717) is 29.4 Å². The number of carbonyl (C=O) groups is 1. The number of benzene rings is 1. The van der Waals surface area contributed by atoms with Crippen LogP contribution in [0.5, 0.6) is 0 Å². The number of nitrogens with one attached hydrogen (secondary N) is 2. The second-order valence-electron chi connectivity index (χ2n) is 7.90. The second kappa shape index (κ2) is 9.51. The number of hydrogen-bond acceptors (Lipinski definition) is 9. The van der Waals surface area contributed by atoms with Crippen molar-refractivity contribution in [2.45, 2.75) is 31.9 Å². The molecule has 1 amide bonds. The molecule has 0 spiro atoms. The highest BCUT2D eigenvalue weighted by molar-refractivity contribution is 5.82. The normalized spacial score (nSPS) is 18.4. The minimum Gasteiger partial charge on any atom is -0.415 e. The molecule has 4 rings (SSSR count). The number of aryl methyl sites for hydroxylation is 1. The molecule has 2 heterocycles. The highest BCUT2D eigenvalue weighted by Gasteiger charge is 2.45. The minimum absolute atomic E-state index is 0. The van der Waals surface area contributed by atoms with Crippen LogP contribution in [-0.2, 0) is 11.3 Å². The summed E-state index contributed by atoms with van der Waals surface area (Å²) in [7, 11) is 1.90. The van der Waals surface area contributed by atoms with E-state index in [9.17, 15) is 9.90 Å². The van der Waals surface area contributed by atoms with Crippen molar-refractivity contribution in [1.29, 1.82) is 0 Å². The van der Waals surface area contributed by atoms with Gasteiger partial charge in [0, 0.05) is 41.0 Å². The standard InChI is InChI=1S/C22H26N6O4.3H2/c1-12-19(22-28-27-21(32-22)14-5-3-13(4-6-14)8-23-2)26-18(10-24-12)16-7-17(16)20(31)25-9-15(30)11-29;;;/h3-6,10,15-17,23,29-30H,7-9,11H2,1-2H3,(H,25,31);3*1H. The third kappa shape index (κ3) is 4.82. The molecular weight excluding hydrogens is 412 g/mol. The fourth-order valence-electron chi connectivity index (χ4n) is 3.47. The van der Waals surface area contributed by atoms with E-state index in [2.05, 4.69) is 30.8 Å². The molecule has 32 heavy (non-hydrogen) atoms. The molecule has 1 fully saturated rings. The number of aromatic nitrogens is 4. The van der Waals surface area contributed by atoms with Crippen molar-refractivity contribution in [2.75, 3.05) is 20.2 Å². The van der Waals surface area contributed by atoms with Crippen LogP contribution in [0, 0.1) is 12.8 Å². The molecule has 0 bridgehead atoms. The van der Waals surface area contributed by atoms with Crippen molar-refractivity contribution >= 4 is 5.91 Å². The summed E-state index contributed by atoms with van der Waals surface area (Å²) in [4.78, 5) is 21.3. The molecular formula is C22H32N6O4. The van der Waals surface area contributed by atoms with Gasteiger partial charge in [0.05, 0.1) is 24.1 Å². The maximum Gasteiger partial charge on any atom is 0.268 e. The molecule has 1 aliphatic carbocycles. The second-order valence-corrected chi connectivity index (χ2v) is 7.90. The Morgan fingerprint density at radius 3 is 2.75 bits per heavy atom. The van der Waals surface area contributed by atoms with E-state index in [0.717, 1.165) is 17.7 Å². The van der Waals surface area contributed by atoms with E-state index in [1.54, 1.807) is 6.20 Å². The third-order valence-electron chi connectivity index (χ3n) is 5.41. The van der Waals surface area contributed by atoms with Crippen molar-refractivity contribution in [3.63, 3.8) is 0 Å². The summed E-state index contributed by atoms with van der Waals surface area (Å²) in [6.45, 7) is 2.21. The van der Waals surface area contributed by atoms with E-state index >= 15 is 0 Å². The molecule has 4 N–H and O–H groups in total. The summed E-state index contributed by atoms with van der Waals surface area (Å²) in [5.41, 5.74) is 3.80. The summed E-state index contributed by atoms with van der Waals surface area (Å²) in [6.07, 6.45) is 1.34. The van der Waals surface area contributed by atoms with Crippen molar-refractivity contribution in [3.8, 4) is 23.0 Å². The van der Waals surface area contributed by atoms with Gasteiger partial charge >= 0.3 is 0 Å². The van der Waals surface area contributed by atoms with Gasteiger partial charge in [-0.1, -0.05) is 12.1 Å². The molecule has 3 atom stereocenters. The molecule has 0 saturated heterocycles. The first-order chi connectivity index (χ1) is 15.5. The minimum atomic E-state index is -0.965. The Morgan fingerprint density at radius 2 is 2.03 bits per heavy atom. The van der Waals surface area contributed by atoms with Gasteiger partial charge in [0.25, 0.3) is 5.89 Å². The van der Waals surface area contributed by atoms with E-state index in [1.165, 1.54) is 0 Å². The number of nitrogens with zero attached hydrogens (tertiary/aromatic N) is 4. The van der Waals surface area contributed by atoms with E-state index in [-0.39, 0.29) is 34.5 Å². The lowest BCUT2D eigenvalue weighted by molar-refractivity contribution is -0.123. The third-order valence-corrected chi connectivity index (χ3v) is 5.41. The number of aliphatic hydroxyl groups is 2. The average Bonchev–Trinajstić information content (AvgIpc) is 3.46. The predicted molar refractivity (Wildman–Crippen MR) is 122 cm³/mol. The fourth-order valence-corrected chi connectivity index (χ4v) is 3.47. The van der Waals surface area contributed by atoms with Crippen LogP contribution in [0.25, 0.3) is 23.0 Å². The molecule has 1 aliphatic rings. The van der Waals surface area contributed by atoms with Crippen molar-refractivity contribution in [1.82, 2.24) is 30.8 Å². The lowest BCUT2D eigenvalue weighted by Gasteiger charge is -2.09. The Balaban J connectivity index is 0.00000204. The van der Waals surface area contributed by atoms with Gasteiger partial charge in [-0.3, -0.25) is 9.78 Å². The Kier molecular flexibility index (Phi) is 6.54. The average molecular weight is 445 g/mol. The molecule has 10 heteroatoms. The first kappa shape index (κ1) is 22.0. The van der Waals surface area contributed by atoms with E-state index < -0.39 is 12.7 Å². The van der Waals surface area contributed by atoms with Crippen LogP contribution in [0.2, 0.25) is 0 Å². The van der Waals surface area contributed by atoms with Gasteiger partial charge in [-0.25, -0.2) is 4.98 Å². The lowest BCUT2D eigenvalue weighted by atomic mass is 10.1. The van der Waals surface area contributed by atoms with Crippen LogP contribution in [0.4, 0.5) is 0 Å². The molecule has 0 aliphatic heterocycles. The van der Waals surface area contributed by atoms with Crippen LogP contribution < -0.4 is 10.6 Å². The number of aliphatic hydroxyl groups excluding tert-OH is 2. The van der Waals surface area contributed by atoms with Crippen molar-refractivity contribution < 1.29 is 23.7 Å². The summed E-state index contributed by atoms with van der Waals surface area (Å²) in [5.74, 6) is 0.205. The summed E-state index contributed by atoms with van der Waals surface area (Å²) in [6, 6.07) is 7.86. The van der Waals surface area contributed by atoms with Gasteiger partial charge in [-0.05, 0) is 38.1 Å². The van der Waals surface area contributed by atoms with Gasteiger partial charge in [-0.2, -0.15) is 0 Å². The highest BCUT2D eigenvalue weighted by atomic mass is 16.4. The molecule has 2 aromatic heterocycles. The van der Waals surface area contributed by atoms with Crippen LogP contribution in [0.3, 0.4) is 0 Å². The maximum absolute atomic E-state index is 12.3. The predicted octanol–water partition coefficient (Wildman–Crippen LogP) is 1.53. The van der Waals surface area contributed by atoms with Gasteiger partial charge in [-0.15, -0.1) is 10.2 Å². The van der Waals surface area contributed by atoms with Gasteiger partial charge in [0.1, 0.15) is 5.69 Å². The Bertz CT molecular complexity index is 1100. The summed E-state index contributed by atoms with van der Waals surface area (Å²) in [5, 5.41) is 32.3. The quantitative estimate of drug-likeness (QED) is 0.386. The Labute approximate surface area is 189 Å². The first-order valence-corrected chi connectivity index (χ1v) is 10.5. The summed E-state index contributed by atoms with van der Waals surface area (Å²) < 4.78 is 5.87. The molecule has 174 valence electrons. The maximum atomic E-state index is 12.3. The van der Waals surface area contributed by atoms with Crippen molar-refractivity contribution in [2.24, 2.45) is 5.92 Å². The van der Waals surface area contributed by atoms with Crippen molar-refractivity contribution in [3.05, 3.63) is 47.4 Å². The SMILES string of the molecule is CNCc1ccc(-c2nnc(-c3nc(C4CC4C(=O)NCC(O)CO)cnc3C)o2)cc1.[HH].[HH].[HH]. The zero-order chi connectivity index (χ0) is 22.7. The van der Waals surface area contributed by atoms with Crippen LogP contribution in [0.15, 0.2) is 34.9 Å². The van der Waals surface area contributed by atoms with Gasteiger partial charge < -0.3 is 25.3 Å². The first-order valence-electron chi connectivity index (χ1n) is 10.5. The number of amides is 1. The summed E-state index contributed by atoms with van der Waals surface area (Å²) >= 11 is 0. The monoisotopic (exact) mass is 444 g/mol. The Morgan fingerprint density at radius 1 is 1.28 bits per heavy atom. The Hall–Kier alpha value is -3.21. The van der Waals surface area contributed by atoms with E-state index in [1.807, 2.05) is 38.2 Å². The smallest absolute Gasteiger partial charge is 0.268 e. The zero-order valence-electron chi connectivity index (χ0n) is 17.9. The van der Waals surface area contributed by atoms with Gasteiger partial charge in [0.2, 0.25) is 11.8 Å². The van der Waals surface area contributed by atoms with Crippen LogP contribution in [-0.4, -0.2) is 62.6 Å². The number of hydrogen-bond donors (Lipinski definition) is 4.